The number of nitrogens with one attached hydrogen (secondary N) is 2. The van der Waals surface area contributed by atoms with Crippen molar-refractivity contribution in [1.82, 2.24) is 4.98 Å². The van der Waals surface area contributed by atoms with Gasteiger partial charge in [0.05, 0.1) is 0 Å². The summed E-state index contributed by atoms with van der Waals surface area (Å²) >= 11 is 1.38. The van der Waals surface area contributed by atoms with Crippen molar-refractivity contribution in [2.24, 2.45) is 0 Å². The lowest BCUT2D eigenvalue weighted by Gasteiger charge is -2.05. The molecular weight excluding hydrogens is 234 g/mol. The summed E-state index contributed by atoms with van der Waals surface area (Å²) in [5, 5.41) is 7.81. The summed E-state index contributed by atoms with van der Waals surface area (Å²) in [6.45, 7) is 2.09. The van der Waals surface area contributed by atoms with Crippen LogP contribution in [0.5, 0.6) is 0 Å². The van der Waals surface area contributed by atoms with Gasteiger partial charge in [-0.2, -0.15) is 0 Å². The highest BCUT2D eigenvalue weighted by molar-refractivity contribution is 7.13. The highest BCUT2D eigenvalue weighted by Crippen LogP contribution is 2.13. The van der Waals surface area contributed by atoms with Gasteiger partial charge in [-0.1, -0.05) is 19.1 Å². The minimum atomic E-state index is -0.274. The fourth-order valence-corrected chi connectivity index (χ4v) is 1.89. The van der Waals surface area contributed by atoms with E-state index in [1.165, 1.54) is 16.9 Å². The molecule has 0 radical (unpaired) electrons. The fraction of sp³-hybridized carbons (Fsp3) is 0.167. The van der Waals surface area contributed by atoms with Crippen molar-refractivity contribution < 1.29 is 4.79 Å². The van der Waals surface area contributed by atoms with Crippen LogP contribution >= 0.6 is 11.3 Å². The van der Waals surface area contributed by atoms with E-state index < -0.39 is 0 Å². The Hall–Kier alpha value is -1.88. The Morgan fingerprint density at radius 3 is 2.65 bits per heavy atom. The number of anilines is 2. The molecule has 17 heavy (non-hydrogen) atoms. The highest BCUT2D eigenvalue weighted by Gasteiger charge is 2.03. The average Bonchev–Trinajstić information content (AvgIpc) is 2.82. The monoisotopic (exact) mass is 247 g/mol. The maximum atomic E-state index is 11.6. The van der Waals surface area contributed by atoms with E-state index in [2.05, 4.69) is 22.5 Å². The van der Waals surface area contributed by atoms with Crippen LogP contribution < -0.4 is 10.6 Å². The van der Waals surface area contributed by atoms with E-state index in [-0.39, 0.29) is 6.03 Å². The summed E-state index contributed by atoms with van der Waals surface area (Å²) < 4.78 is 0. The predicted molar refractivity (Wildman–Crippen MR) is 70.6 cm³/mol. The summed E-state index contributed by atoms with van der Waals surface area (Å²) in [5.74, 6) is 0. The van der Waals surface area contributed by atoms with Crippen molar-refractivity contribution >= 4 is 28.2 Å². The molecule has 1 aromatic heterocycles. The summed E-state index contributed by atoms with van der Waals surface area (Å²) in [6.07, 6.45) is 2.64. The molecule has 0 atom stereocenters. The molecule has 1 aromatic carbocycles. The van der Waals surface area contributed by atoms with E-state index in [1.807, 2.05) is 29.6 Å². The smallest absolute Gasteiger partial charge is 0.308 e. The third-order valence-corrected chi connectivity index (χ3v) is 2.96. The molecule has 2 amide bonds. The van der Waals surface area contributed by atoms with Gasteiger partial charge in [0, 0.05) is 17.3 Å². The molecule has 0 saturated heterocycles. The molecule has 0 spiro atoms. The number of hydrogen-bond donors (Lipinski definition) is 2. The SMILES string of the molecule is CCc1ccc(NC(=O)Nc2nccs2)cc1. The largest absolute Gasteiger partial charge is 0.325 e. The Balaban J connectivity index is 1.93. The first-order valence-corrected chi connectivity index (χ1v) is 6.22. The number of amides is 2. The third-order valence-electron chi connectivity index (χ3n) is 2.27. The molecule has 1 heterocycles. The van der Waals surface area contributed by atoms with Crippen LogP contribution in [0, 0.1) is 0 Å². The maximum Gasteiger partial charge on any atom is 0.325 e. The number of aryl methyl sites for hydroxylation is 1. The molecule has 0 saturated carbocycles. The molecule has 2 N–H and O–H groups in total. The average molecular weight is 247 g/mol. The van der Waals surface area contributed by atoms with Gasteiger partial charge in [-0.15, -0.1) is 11.3 Å². The fourth-order valence-electron chi connectivity index (χ4n) is 1.37. The summed E-state index contributed by atoms with van der Waals surface area (Å²) in [6, 6.07) is 7.50. The van der Waals surface area contributed by atoms with Gasteiger partial charge in [0.15, 0.2) is 5.13 Å². The molecule has 2 rings (SSSR count). The predicted octanol–water partition coefficient (Wildman–Crippen LogP) is 3.35. The van der Waals surface area contributed by atoms with Crippen LogP contribution in [-0.4, -0.2) is 11.0 Å². The van der Waals surface area contributed by atoms with Crippen molar-refractivity contribution in [2.45, 2.75) is 13.3 Å². The molecule has 5 heteroatoms. The number of carbonyl (C=O) groups is 1. The summed E-state index contributed by atoms with van der Waals surface area (Å²) in [7, 11) is 0. The highest BCUT2D eigenvalue weighted by atomic mass is 32.1. The molecule has 0 aliphatic heterocycles. The van der Waals surface area contributed by atoms with Crippen LogP contribution in [0.4, 0.5) is 15.6 Å². The lowest BCUT2D eigenvalue weighted by molar-refractivity contribution is 0.262. The second-order valence-electron chi connectivity index (χ2n) is 3.47. The Morgan fingerprint density at radius 2 is 2.06 bits per heavy atom. The first kappa shape index (κ1) is 11.6. The number of aromatic nitrogens is 1. The van der Waals surface area contributed by atoms with E-state index in [9.17, 15) is 4.79 Å². The molecule has 0 aliphatic carbocycles. The quantitative estimate of drug-likeness (QED) is 0.873. The van der Waals surface area contributed by atoms with Crippen LogP contribution in [0.2, 0.25) is 0 Å². The maximum absolute atomic E-state index is 11.6. The molecule has 4 nitrogen and oxygen atoms in total. The summed E-state index contributed by atoms with van der Waals surface area (Å²) in [5.41, 5.74) is 2.02. The standard InChI is InChI=1S/C12H13N3OS/c1-2-9-3-5-10(6-4-9)14-11(16)15-12-13-7-8-17-12/h3-8H,2H2,1H3,(H2,13,14,15,16). The third kappa shape index (κ3) is 3.29. The molecule has 2 aromatic rings. The van der Waals surface area contributed by atoms with E-state index in [4.69, 9.17) is 0 Å². The molecular formula is C12H13N3OS. The molecule has 88 valence electrons. The number of carbonyl (C=O) groups excluding carboxylic acids is 1. The molecule has 0 bridgehead atoms. The number of benzene rings is 1. The minimum Gasteiger partial charge on any atom is -0.308 e. The number of rotatable bonds is 3. The van der Waals surface area contributed by atoms with Crippen LogP contribution in [0.15, 0.2) is 35.8 Å². The first-order chi connectivity index (χ1) is 8.28. The van der Waals surface area contributed by atoms with E-state index in [0.717, 1.165) is 12.1 Å². The zero-order valence-electron chi connectivity index (χ0n) is 9.43. The first-order valence-electron chi connectivity index (χ1n) is 5.34. The van der Waals surface area contributed by atoms with Crippen LogP contribution in [0.1, 0.15) is 12.5 Å². The van der Waals surface area contributed by atoms with E-state index >= 15 is 0 Å². The zero-order chi connectivity index (χ0) is 12.1. The summed E-state index contributed by atoms with van der Waals surface area (Å²) in [4.78, 5) is 15.6. The topological polar surface area (TPSA) is 54.0 Å². The molecule has 0 unspecified atom stereocenters. The second kappa shape index (κ2) is 5.45. The van der Waals surface area contributed by atoms with Gasteiger partial charge in [-0.05, 0) is 24.1 Å². The number of hydrogen-bond acceptors (Lipinski definition) is 3. The van der Waals surface area contributed by atoms with Crippen molar-refractivity contribution in [1.29, 1.82) is 0 Å². The van der Waals surface area contributed by atoms with Gasteiger partial charge in [0.2, 0.25) is 0 Å². The Kier molecular flexibility index (Phi) is 3.72. The van der Waals surface area contributed by atoms with Crippen LogP contribution in [0.3, 0.4) is 0 Å². The van der Waals surface area contributed by atoms with Crippen molar-refractivity contribution in [3.63, 3.8) is 0 Å². The van der Waals surface area contributed by atoms with Crippen molar-refractivity contribution in [3.8, 4) is 0 Å². The zero-order valence-corrected chi connectivity index (χ0v) is 10.3. The lowest BCUT2D eigenvalue weighted by atomic mass is 10.1. The van der Waals surface area contributed by atoms with Gasteiger partial charge in [-0.25, -0.2) is 9.78 Å². The Morgan fingerprint density at radius 1 is 1.29 bits per heavy atom. The van der Waals surface area contributed by atoms with Crippen molar-refractivity contribution in [3.05, 3.63) is 41.4 Å². The Labute approximate surface area is 104 Å². The number of urea groups is 1. The van der Waals surface area contributed by atoms with Crippen LogP contribution in [-0.2, 0) is 6.42 Å². The van der Waals surface area contributed by atoms with Gasteiger partial charge in [0.25, 0.3) is 0 Å². The Bertz CT molecular complexity index is 479. The normalized spacial score (nSPS) is 9.94. The molecule has 0 fully saturated rings. The lowest BCUT2D eigenvalue weighted by Crippen LogP contribution is -2.19. The minimum absolute atomic E-state index is 0.274. The number of thiazole rings is 1. The van der Waals surface area contributed by atoms with Gasteiger partial charge in [-0.3, -0.25) is 5.32 Å². The second-order valence-corrected chi connectivity index (χ2v) is 4.36. The van der Waals surface area contributed by atoms with E-state index in [0.29, 0.717) is 5.13 Å². The molecule has 0 aliphatic rings. The van der Waals surface area contributed by atoms with Crippen LogP contribution in [0.25, 0.3) is 0 Å². The van der Waals surface area contributed by atoms with Gasteiger partial charge < -0.3 is 5.32 Å². The van der Waals surface area contributed by atoms with E-state index in [1.54, 1.807) is 6.20 Å². The van der Waals surface area contributed by atoms with Gasteiger partial charge in [0.1, 0.15) is 0 Å². The van der Waals surface area contributed by atoms with Crippen molar-refractivity contribution in [2.75, 3.05) is 10.6 Å². The van der Waals surface area contributed by atoms with Gasteiger partial charge >= 0.3 is 6.03 Å². The number of nitrogens with zero attached hydrogens (tertiary/aromatic N) is 1.